The lowest BCUT2D eigenvalue weighted by Gasteiger charge is -2.05. The maximum Gasteiger partial charge on any atom is 0.265 e. The van der Waals surface area contributed by atoms with Gasteiger partial charge in [-0.25, -0.2) is 4.98 Å². The summed E-state index contributed by atoms with van der Waals surface area (Å²) in [5.41, 5.74) is 0.364. The van der Waals surface area contributed by atoms with Gasteiger partial charge in [0.2, 0.25) is 0 Å². The molecular weight excluding hydrogens is 264 g/mol. The number of nitrogens with one attached hydrogen (secondary N) is 1. The maximum absolute atomic E-state index is 11.4. The molecule has 0 radical (unpaired) electrons. The van der Waals surface area contributed by atoms with Gasteiger partial charge in [0.15, 0.2) is 0 Å². The molecule has 0 aromatic carbocycles. The van der Waals surface area contributed by atoms with E-state index >= 15 is 0 Å². The Morgan fingerprint density at radius 2 is 2.20 bits per heavy atom. The fraction of sp³-hybridized carbons (Fsp3) is 0.556. The van der Waals surface area contributed by atoms with Gasteiger partial charge in [-0.05, 0) is 22.9 Å². The third-order valence-electron chi connectivity index (χ3n) is 1.70. The summed E-state index contributed by atoms with van der Waals surface area (Å²) >= 11 is 3.16. The second kappa shape index (κ2) is 5.99. The SMILES string of the molecule is CCOCc1nc(COC)c(Br)c(=O)[nH]1. The van der Waals surface area contributed by atoms with E-state index < -0.39 is 0 Å². The molecule has 0 amide bonds. The van der Waals surface area contributed by atoms with Crippen LogP contribution < -0.4 is 5.56 Å². The van der Waals surface area contributed by atoms with E-state index in [1.54, 1.807) is 7.11 Å². The molecule has 0 fully saturated rings. The van der Waals surface area contributed by atoms with Crippen LogP contribution in [0.1, 0.15) is 18.4 Å². The first-order valence-corrected chi connectivity index (χ1v) is 5.32. The van der Waals surface area contributed by atoms with Crippen molar-refractivity contribution in [3.8, 4) is 0 Å². The van der Waals surface area contributed by atoms with Gasteiger partial charge in [0.1, 0.15) is 16.9 Å². The lowest BCUT2D eigenvalue weighted by molar-refractivity contribution is 0.126. The van der Waals surface area contributed by atoms with E-state index in [-0.39, 0.29) is 5.56 Å². The van der Waals surface area contributed by atoms with Gasteiger partial charge in [0.25, 0.3) is 5.56 Å². The summed E-state index contributed by atoms with van der Waals surface area (Å²) in [5, 5.41) is 0. The zero-order valence-electron chi connectivity index (χ0n) is 8.67. The summed E-state index contributed by atoms with van der Waals surface area (Å²) in [6.07, 6.45) is 0. The van der Waals surface area contributed by atoms with Crippen molar-refractivity contribution < 1.29 is 9.47 Å². The second-order valence-corrected chi connectivity index (χ2v) is 3.64. The Morgan fingerprint density at radius 1 is 1.47 bits per heavy atom. The number of methoxy groups -OCH3 is 1. The highest BCUT2D eigenvalue weighted by molar-refractivity contribution is 9.10. The van der Waals surface area contributed by atoms with E-state index in [0.29, 0.717) is 35.8 Å². The average Bonchev–Trinajstić information content (AvgIpc) is 2.22. The van der Waals surface area contributed by atoms with Crippen molar-refractivity contribution in [2.75, 3.05) is 13.7 Å². The van der Waals surface area contributed by atoms with E-state index in [9.17, 15) is 4.79 Å². The standard InChI is InChI=1S/C9H13BrN2O3/c1-3-15-5-7-11-6(4-14-2)8(10)9(13)12-7/h3-5H2,1-2H3,(H,11,12,13). The number of H-pyrrole nitrogens is 1. The van der Waals surface area contributed by atoms with Gasteiger partial charge in [-0.3, -0.25) is 4.79 Å². The number of rotatable bonds is 5. The monoisotopic (exact) mass is 276 g/mol. The van der Waals surface area contributed by atoms with Gasteiger partial charge < -0.3 is 14.5 Å². The smallest absolute Gasteiger partial charge is 0.265 e. The Balaban J connectivity index is 2.95. The van der Waals surface area contributed by atoms with Crippen LogP contribution in [0.5, 0.6) is 0 Å². The first-order chi connectivity index (χ1) is 7.19. The highest BCUT2D eigenvalue weighted by Crippen LogP contribution is 2.09. The van der Waals surface area contributed by atoms with E-state index in [4.69, 9.17) is 9.47 Å². The summed E-state index contributed by atoms with van der Waals surface area (Å²) in [6.45, 7) is 3.06. The van der Waals surface area contributed by atoms with Crippen molar-refractivity contribution in [3.63, 3.8) is 0 Å². The maximum atomic E-state index is 11.4. The Bertz CT molecular complexity index is 378. The normalized spacial score (nSPS) is 10.6. The second-order valence-electron chi connectivity index (χ2n) is 2.84. The minimum absolute atomic E-state index is 0.216. The molecule has 1 aromatic heterocycles. The van der Waals surface area contributed by atoms with Crippen LogP contribution in [0, 0.1) is 0 Å². The number of hydrogen-bond acceptors (Lipinski definition) is 4. The molecule has 0 bridgehead atoms. The van der Waals surface area contributed by atoms with Crippen molar-refractivity contribution in [1.82, 2.24) is 9.97 Å². The lowest BCUT2D eigenvalue weighted by atomic mass is 10.4. The molecule has 15 heavy (non-hydrogen) atoms. The highest BCUT2D eigenvalue weighted by Gasteiger charge is 2.08. The van der Waals surface area contributed by atoms with E-state index in [2.05, 4.69) is 25.9 Å². The molecule has 84 valence electrons. The molecule has 0 spiro atoms. The zero-order chi connectivity index (χ0) is 11.3. The van der Waals surface area contributed by atoms with Gasteiger partial charge >= 0.3 is 0 Å². The molecular formula is C9H13BrN2O3. The molecule has 0 aliphatic rings. The van der Waals surface area contributed by atoms with Crippen LogP contribution in [0.3, 0.4) is 0 Å². The number of aromatic nitrogens is 2. The van der Waals surface area contributed by atoms with Crippen molar-refractivity contribution in [1.29, 1.82) is 0 Å². The molecule has 0 atom stereocenters. The number of aromatic amines is 1. The molecule has 0 unspecified atom stereocenters. The van der Waals surface area contributed by atoms with Crippen LogP contribution in [0.4, 0.5) is 0 Å². The first-order valence-electron chi connectivity index (χ1n) is 4.53. The molecule has 1 N–H and O–H groups in total. The van der Waals surface area contributed by atoms with Gasteiger partial charge in [0, 0.05) is 13.7 Å². The topological polar surface area (TPSA) is 64.2 Å². The summed E-state index contributed by atoms with van der Waals surface area (Å²) in [6, 6.07) is 0. The Labute approximate surface area is 96.0 Å². The Morgan fingerprint density at radius 3 is 2.80 bits per heavy atom. The molecule has 1 heterocycles. The molecule has 0 aliphatic heterocycles. The molecule has 1 aromatic rings. The molecule has 6 heteroatoms. The number of ether oxygens (including phenoxy) is 2. The summed E-state index contributed by atoms with van der Waals surface area (Å²) in [5.74, 6) is 0.511. The zero-order valence-corrected chi connectivity index (χ0v) is 10.3. The highest BCUT2D eigenvalue weighted by atomic mass is 79.9. The first kappa shape index (κ1) is 12.4. The Kier molecular flexibility index (Phi) is 4.93. The van der Waals surface area contributed by atoms with Crippen LogP contribution in [0.2, 0.25) is 0 Å². The molecule has 1 rings (SSSR count). The van der Waals surface area contributed by atoms with Crippen LogP contribution in [-0.2, 0) is 22.7 Å². The van der Waals surface area contributed by atoms with Gasteiger partial charge in [0.05, 0.1) is 12.3 Å². The van der Waals surface area contributed by atoms with Crippen molar-refractivity contribution >= 4 is 15.9 Å². The minimum atomic E-state index is -0.216. The van der Waals surface area contributed by atoms with Crippen LogP contribution in [0.25, 0.3) is 0 Å². The van der Waals surface area contributed by atoms with Crippen molar-refractivity contribution in [2.24, 2.45) is 0 Å². The predicted octanol–water partition coefficient (Wildman–Crippen LogP) is 1.22. The molecule has 0 saturated carbocycles. The van der Waals surface area contributed by atoms with E-state index in [1.807, 2.05) is 6.92 Å². The average molecular weight is 277 g/mol. The van der Waals surface area contributed by atoms with Gasteiger partial charge in [-0.15, -0.1) is 0 Å². The van der Waals surface area contributed by atoms with E-state index in [0.717, 1.165) is 0 Å². The molecule has 0 saturated heterocycles. The quantitative estimate of drug-likeness (QED) is 0.878. The van der Waals surface area contributed by atoms with Crippen LogP contribution in [-0.4, -0.2) is 23.7 Å². The van der Waals surface area contributed by atoms with E-state index in [1.165, 1.54) is 0 Å². The largest absolute Gasteiger partial charge is 0.378 e. The van der Waals surface area contributed by atoms with Crippen LogP contribution in [0.15, 0.2) is 9.27 Å². The predicted molar refractivity (Wildman–Crippen MR) is 58.6 cm³/mol. The lowest BCUT2D eigenvalue weighted by Crippen LogP contribution is -2.16. The number of nitrogens with zero attached hydrogens (tertiary/aromatic N) is 1. The third-order valence-corrected chi connectivity index (χ3v) is 2.52. The van der Waals surface area contributed by atoms with Crippen molar-refractivity contribution in [3.05, 3.63) is 26.3 Å². The fourth-order valence-corrected chi connectivity index (χ4v) is 1.36. The fourth-order valence-electron chi connectivity index (χ4n) is 1.06. The third kappa shape index (κ3) is 3.40. The summed E-state index contributed by atoms with van der Waals surface area (Å²) in [7, 11) is 1.55. The molecule has 0 aliphatic carbocycles. The van der Waals surface area contributed by atoms with Crippen LogP contribution >= 0.6 is 15.9 Å². The summed E-state index contributed by atoms with van der Waals surface area (Å²) in [4.78, 5) is 18.3. The Hall–Kier alpha value is -0.720. The molecule has 5 nitrogen and oxygen atoms in total. The summed E-state index contributed by atoms with van der Waals surface area (Å²) < 4.78 is 10.5. The minimum Gasteiger partial charge on any atom is -0.378 e. The van der Waals surface area contributed by atoms with Crippen molar-refractivity contribution in [2.45, 2.75) is 20.1 Å². The number of hydrogen-bond donors (Lipinski definition) is 1. The van der Waals surface area contributed by atoms with Gasteiger partial charge in [-0.2, -0.15) is 0 Å². The number of halogens is 1. The van der Waals surface area contributed by atoms with Gasteiger partial charge in [-0.1, -0.05) is 0 Å².